The van der Waals surface area contributed by atoms with Gasteiger partial charge in [0.25, 0.3) is 0 Å². The number of ether oxygens (including phenoxy) is 2. The molecule has 0 aromatic heterocycles. The van der Waals surface area contributed by atoms with Crippen LogP contribution in [0.3, 0.4) is 0 Å². The van der Waals surface area contributed by atoms with E-state index in [2.05, 4.69) is 32.7 Å². The minimum absolute atomic E-state index is 0.0982. The number of esters is 1. The number of rotatable bonds is 15. The average molecular weight is 432 g/mol. The fourth-order valence-corrected chi connectivity index (χ4v) is 12.6. The van der Waals surface area contributed by atoms with Crippen molar-refractivity contribution in [2.45, 2.75) is 91.5 Å². The highest BCUT2D eigenvalue weighted by Crippen LogP contribution is 2.28. The number of aliphatic imine (C=N–C) groups is 1. The van der Waals surface area contributed by atoms with Crippen molar-refractivity contribution in [1.29, 1.82) is 0 Å². The SMILES string of the molecule is CC[Si](CC)(COC)O[Si](CC)(CC)COC(=O)CC(C)=NC(C)CC(C)=O. The first-order valence-electron chi connectivity index (χ1n) is 10.5. The summed E-state index contributed by atoms with van der Waals surface area (Å²) in [7, 11) is -2.41. The standard InChI is InChI=1S/C20H41NO5Si2/c1-9-27(10-2,15-24-8)26-28(11-3,12-4)16-25-20(23)14-18(6)21-17(5)13-19(7)22/h17H,9-16H2,1-8H3. The predicted octanol–water partition coefficient (Wildman–Crippen LogP) is 4.46. The highest BCUT2D eigenvalue weighted by atomic mass is 28.4. The van der Waals surface area contributed by atoms with Gasteiger partial charge in [-0.3, -0.25) is 14.6 Å². The largest absolute Gasteiger partial charge is 0.466 e. The molecule has 6 nitrogen and oxygen atoms in total. The number of carbonyl (C=O) groups excluding carboxylic acids is 2. The molecule has 0 saturated heterocycles. The highest BCUT2D eigenvalue weighted by molar-refractivity contribution is 6.87. The number of nitrogens with zero attached hydrogens (tertiary/aromatic N) is 1. The summed E-state index contributed by atoms with van der Waals surface area (Å²) in [5.41, 5.74) is 0.699. The molecule has 164 valence electrons. The van der Waals surface area contributed by atoms with Crippen LogP contribution < -0.4 is 0 Å². The fraction of sp³-hybridized carbons (Fsp3) is 0.850. The zero-order valence-corrected chi connectivity index (χ0v) is 21.2. The summed E-state index contributed by atoms with van der Waals surface area (Å²) in [6.45, 7) is 13.9. The van der Waals surface area contributed by atoms with Crippen LogP contribution in [0.1, 0.15) is 61.3 Å². The van der Waals surface area contributed by atoms with Gasteiger partial charge < -0.3 is 13.6 Å². The maximum Gasteiger partial charge on any atom is 0.311 e. The quantitative estimate of drug-likeness (QED) is 0.217. The predicted molar refractivity (Wildman–Crippen MR) is 120 cm³/mol. The molecule has 0 fully saturated rings. The molecule has 0 aromatic rings. The molecule has 0 heterocycles. The smallest absolute Gasteiger partial charge is 0.311 e. The second-order valence-corrected chi connectivity index (χ2v) is 16.7. The van der Waals surface area contributed by atoms with Gasteiger partial charge in [0.05, 0.1) is 18.7 Å². The van der Waals surface area contributed by atoms with Crippen molar-refractivity contribution in [1.82, 2.24) is 0 Å². The van der Waals surface area contributed by atoms with Crippen molar-refractivity contribution in [3.63, 3.8) is 0 Å². The summed E-state index contributed by atoms with van der Waals surface area (Å²) in [6, 6.07) is 3.72. The molecule has 8 heteroatoms. The first-order chi connectivity index (χ1) is 13.1. The first-order valence-corrected chi connectivity index (χ1v) is 15.5. The van der Waals surface area contributed by atoms with Gasteiger partial charge in [-0.15, -0.1) is 0 Å². The minimum atomic E-state index is -2.17. The van der Waals surface area contributed by atoms with Gasteiger partial charge in [0.2, 0.25) is 16.6 Å². The summed E-state index contributed by atoms with van der Waals surface area (Å²) >= 11 is 0. The molecule has 1 atom stereocenters. The van der Waals surface area contributed by atoms with Gasteiger partial charge in [0.1, 0.15) is 12.0 Å². The lowest BCUT2D eigenvalue weighted by atomic mass is 10.2. The van der Waals surface area contributed by atoms with Crippen LogP contribution in [0.2, 0.25) is 24.2 Å². The summed E-state index contributed by atoms with van der Waals surface area (Å²) in [5.74, 6) is -0.174. The van der Waals surface area contributed by atoms with Crippen LogP contribution in [-0.4, -0.2) is 59.7 Å². The number of ketones is 1. The Morgan fingerprint density at radius 2 is 1.43 bits per heavy atom. The molecule has 0 bridgehead atoms. The molecule has 0 N–H and O–H groups in total. The monoisotopic (exact) mass is 431 g/mol. The molecule has 0 aromatic carbocycles. The third-order valence-corrected chi connectivity index (χ3v) is 15.4. The minimum Gasteiger partial charge on any atom is -0.466 e. The summed E-state index contributed by atoms with van der Waals surface area (Å²) in [6.07, 6.45) is 1.61. The van der Waals surface area contributed by atoms with E-state index in [0.717, 1.165) is 24.2 Å². The maximum atomic E-state index is 12.3. The molecule has 0 rings (SSSR count). The van der Waals surface area contributed by atoms with Crippen molar-refractivity contribution in [2.75, 3.05) is 19.6 Å². The molecule has 0 aliphatic carbocycles. The zero-order valence-electron chi connectivity index (χ0n) is 19.2. The Hall–Kier alpha value is -0.836. The van der Waals surface area contributed by atoms with Crippen LogP contribution >= 0.6 is 0 Å². The second kappa shape index (κ2) is 13.4. The Morgan fingerprint density at radius 1 is 0.929 bits per heavy atom. The van der Waals surface area contributed by atoms with Crippen molar-refractivity contribution < 1.29 is 23.2 Å². The van der Waals surface area contributed by atoms with Crippen LogP contribution in [0, 0.1) is 0 Å². The van der Waals surface area contributed by atoms with E-state index in [1.165, 1.54) is 0 Å². The lowest BCUT2D eigenvalue weighted by Gasteiger charge is -2.40. The van der Waals surface area contributed by atoms with E-state index in [0.29, 0.717) is 24.6 Å². The van der Waals surface area contributed by atoms with E-state index in [4.69, 9.17) is 13.6 Å². The van der Waals surface area contributed by atoms with Crippen molar-refractivity contribution in [3.05, 3.63) is 0 Å². The lowest BCUT2D eigenvalue weighted by Crippen LogP contribution is -2.56. The van der Waals surface area contributed by atoms with E-state index < -0.39 is 16.6 Å². The van der Waals surface area contributed by atoms with E-state index in [-0.39, 0.29) is 24.2 Å². The van der Waals surface area contributed by atoms with Crippen LogP contribution in [0.5, 0.6) is 0 Å². The van der Waals surface area contributed by atoms with Crippen LogP contribution in [-0.2, 0) is 23.2 Å². The first kappa shape index (κ1) is 27.2. The molecule has 1 unspecified atom stereocenters. The molecular weight excluding hydrogens is 390 g/mol. The molecular formula is C20H41NO5Si2. The van der Waals surface area contributed by atoms with E-state index in [1.54, 1.807) is 14.0 Å². The van der Waals surface area contributed by atoms with E-state index in [1.807, 2.05) is 13.8 Å². The van der Waals surface area contributed by atoms with Crippen LogP contribution in [0.15, 0.2) is 4.99 Å². The summed E-state index contributed by atoms with van der Waals surface area (Å²) in [5, 5.41) is 0. The van der Waals surface area contributed by atoms with Gasteiger partial charge >= 0.3 is 5.97 Å². The Morgan fingerprint density at radius 3 is 1.86 bits per heavy atom. The third kappa shape index (κ3) is 9.58. The van der Waals surface area contributed by atoms with Crippen molar-refractivity contribution in [3.8, 4) is 0 Å². The normalized spacial score (nSPS) is 14.1. The van der Waals surface area contributed by atoms with Crippen LogP contribution in [0.25, 0.3) is 0 Å². The van der Waals surface area contributed by atoms with Gasteiger partial charge in [-0.25, -0.2) is 0 Å². The maximum absolute atomic E-state index is 12.3. The number of methoxy groups -OCH3 is 1. The number of Topliss-reactive ketones (excluding diaryl/α,β-unsaturated/α-hetero) is 1. The molecule has 0 aliphatic rings. The Bertz CT molecular complexity index is 517. The Kier molecular flexibility index (Phi) is 13.0. The van der Waals surface area contributed by atoms with Gasteiger partial charge in [-0.05, 0) is 44.9 Å². The average Bonchev–Trinajstić information content (AvgIpc) is 2.63. The highest BCUT2D eigenvalue weighted by Gasteiger charge is 2.43. The number of hydrogen-bond acceptors (Lipinski definition) is 6. The Balaban J connectivity index is 4.99. The number of hydrogen-bond donors (Lipinski definition) is 0. The number of carbonyl (C=O) groups is 2. The van der Waals surface area contributed by atoms with Crippen molar-refractivity contribution >= 4 is 34.1 Å². The zero-order chi connectivity index (χ0) is 21.8. The topological polar surface area (TPSA) is 74.2 Å². The summed E-state index contributed by atoms with van der Waals surface area (Å²) in [4.78, 5) is 27.9. The van der Waals surface area contributed by atoms with Gasteiger partial charge in [0, 0.05) is 19.2 Å². The molecule has 0 saturated carbocycles. The third-order valence-electron chi connectivity index (χ3n) is 5.34. The van der Waals surface area contributed by atoms with Crippen molar-refractivity contribution in [2.24, 2.45) is 4.99 Å². The second-order valence-electron chi connectivity index (χ2n) is 7.77. The molecule has 0 spiro atoms. The Labute approximate surface area is 173 Å². The molecule has 0 radical (unpaired) electrons. The van der Waals surface area contributed by atoms with Gasteiger partial charge in [-0.1, -0.05) is 27.7 Å². The van der Waals surface area contributed by atoms with Crippen LogP contribution in [0.4, 0.5) is 0 Å². The van der Waals surface area contributed by atoms with Gasteiger partial charge in [0.15, 0.2) is 0 Å². The molecule has 0 aliphatic heterocycles. The molecule has 28 heavy (non-hydrogen) atoms. The lowest BCUT2D eigenvalue weighted by molar-refractivity contribution is -0.140. The van der Waals surface area contributed by atoms with E-state index in [9.17, 15) is 9.59 Å². The summed E-state index contributed by atoms with van der Waals surface area (Å²) < 4.78 is 18.0. The molecule has 0 amide bonds. The fourth-order valence-electron chi connectivity index (χ4n) is 3.33. The van der Waals surface area contributed by atoms with E-state index >= 15 is 0 Å². The van der Waals surface area contributed by atoms with Gasteiger partial charge in [-0.2, -0.15) is 0 Å².